The van der Waals surface area contributed by atoms with Crippen molar-refractivity contribution in [1.82, 2.24) is 5.06 Å². The van der Waals surface area contributed by atoms with E-state index in [1.807, 2.05) is 0 Å². The molecule has 0 saturated heterocycles. The predicted octanol–water partition coefficient (Wildman–Crippen LogP) is 1.80. The van der Waals surface area contributed by atoms with E-state index >= 15 is 0 Å². The smallest absolute Gasteiger partial charge is 0.314 e. The van der Waals surface area contributed by atoms with Crippen LogP contribution >= 0.6 is 0 Å². The minimum absolute atomic E-state index is 0.0682. The second kappa shape index (κ2) is 4.63. The minimum Gasteiger partial charge on any atom is -0.314 e. The van der Waals surface area contributed by atoms with Crippen LogP contribution in [0.15, 0.2) is 29.2 Å². The third-order valence-corrected chi connectivity index (χ3v) is 3.41. The first-order chi connectivity index (χ1) is 7.64. The van der Waals surface area contributed by atoms with Gasteiger partial charge in [-0.2, -0.15) is 18.2 Å². The lowest BCUT2D eigenvalue weighted by atomic mass is 10.2. The van der Waals surface area contributed by atoms with Gasteiger partial charge in [-0.05, 0) is 17.7 Å². The Morgan fingerprint density at radius 1 is 1.35 bits per heavy atom. The molecule has 0 aliphatic heterocycles. The second-order valence-corrected chi connectivity index (χ2v) is 5.35. The Hall–Kier alpha value is -1.12. The summed E-state index contributed by atoms with van der Waals surface area (Å²) in [4.78, 5) is -0.829. The van der Waals surface area contributed by atoms with E-state index in [9.17, 15) is 21.6 Å². The monoisotopic (exact) mass is 269 g/mol. The lowest BCUT2D eigenvalue weighted by Gasteiger charge is -2.11. The summed E-state index contributed by atoms with van der Waals surface area (Å²) < 4.78 is 59.0. The number of sulfone groups is 1. The van der Waals surface area contributed by atoms with Gasteiger partial charge in [-0.15, -0.1) is 0 Å². The molecule has 0 unspecified atom stereocenters. The summed E-state index contributed by atoms with van der Waals surface area (Å²) in [6, 6.07) is 4.36. The molecule has 0 radical (unpaired) electrons. The Bertz CT molecular complexity index is 496. The van der Waals surface area contributed by atoms with Crippen LogP contribution in [0.5, 0.6) is 0 Å². The van der Waals surface area contributed by atoms with Gasteiger partial charge in [-0.3, -0.25) is 0 Å². The molecule has 0 aromatic heterocycles. The molecule has 1 rings (SSSR count). The highest BCUT2D eigenvalue weighted by molar-refractivity contribution is 7.92. The summed E-state index contributed by atoms with van der Waals surface area (Å²) in [5.41, 5.74) is -5.06. The third-order valence-electron chi connectivity index (χ3n) is 1.92. The van der Waals surface area contributed by atoms with Crippen LogP contribution in [-0.2, 0) is 16.4 Å². The number of rotatable bonds is 3. The molecule has 1 aromatic rings. The molecule has 4 nitrogen and oxygen atoms in total. The van der Waals surface area contributed by atoms with E-state index in [4.69, 9.17) is 5.21 Å². The number of halogens is 3. The van der Waals surface area contributed by atoms with Gasteiger partial charge in [-0.1, -0.05) is 12.1 Å². The molecule has 0 aliphatic rings. The summed E-state index contributed by atoms with van der Waals surface area (Å²) >= 11 is 0. The van der Waals surface area contributed by atoms with Gasteiger partial charge in [-0.25, -0.2) is 8.42 Å². The first-order valence-electron chi connectivity index (χ1n) is 4.45. The highest BCUT2D eigenvalue weighted by Crippen LogP contribution is 2.30. The largest absolute Gasteiger partial charge is 0.501 e. The highest BCUT2D eigenvalue weighted by atomic mass is 32.2. The van der Waals surface area contributed by atoms with Gasteiger partial charge in [0.05, 0.1) is 4.90 Å². The summed E-state index contributed by atoms with van der Waals surface area (Å²) in [5, 5.41) is 9.66. The van der Waals surface area contributed by atoms with E-state index in [0.29, 0.717) is 0 Å². The van der Waals surface area contributed by atoms with Gasteiger partial charge in [0.1, 0.15) is 0 Å². The maximum absolute atomic E-state index is 12.3. The Kier molecular flexibility index (Phi) is 3.80. The average molecular weight is 269 g/mol. The second-order valence-electron chi connectivity index (χ2n) is 3.41. The fourth-order valence-electron chi connectivity index (χ4n) is 1.21. The molecule has 0 atom stereocenters. The van der Waals surface area contributed by atoms with Gasteiger partial charge < -0.3 is 5.21 Å². The molecule has 0 fully saturated rings. The van der Waals surface area contributed by atoms with Crippen molar-refractivity contribution in [2.45, 2.75) is 16.9 Å². The van der Waals surface area contributed by atoms with Crippen molar-refractivity contribution < 1.29 is 26.8 Å². The fraction of sp³-hybridized carbons (Fsp3) is 0.333. The summed E-state index contributed by atoms with van der Waals surface area (Å²) in [5.74, 6) is 0. The highest BCUT2D eigenvalue weighted by Gasteiger charge is 2.46. The standard InChI is InChI=1S/C9H10F3NO3S/c1-13(14)6-7-3-2-4-8(5-7)17(15,16)9(10,11)12/h2-5,14H,6H2,1H3. The van der Waals surface area contributed by atoms with Crippen molar-refractivity contribution in [3.8, 4) is 0 Å². The summed E-state index contributed by atoms with van der Waals surface area (Å²) in [6.45, 7) is -0.0682. The van der Waals surface area contributed by atoms with Crippen molar-refractivity contribution in [3.05, 3.63) is 29.8 Å². The quantitative estimate of drug-likeness (QED) is 0.850. The van der Waals surface area contributed by atoms with Crippen LogP contribution in [0.4, 0.5) is 13.2 Å². The molecular formula is C9H10F3NO3S. The zero-order valence-corrected chi connectivity index (χ0v) is 9.59. The van der Waals surface area contributed by atoms with Gasteiger partial charge in [0, 0.05) is 13.6 Å². The Morgan fingerprint density at radius 3 is 2.41 bits per heavy atom. The Morgan fingerprint density at radius 2 is 1.94 bits per heavy atom. The number of nitrogens with zero attached hydrogens (tertiary/aromatic N) is 1. The third kappa shape index (κ3) is 3.18. The zero-order valence-electron chi connectivity index (χ0n) is 8.77. The normalized spacial score (nSPS) is 13.1. The van der Waals surface area contributed by atoms with Crippen molar-refractivity contribution in [2.24, 2.45) is 0 Å². The van der Waals surface area contributed by atoms with E-state index in [-0.39, 0.29) is 12.1 Å². The van der Waals surface area contributed by atoms with Crippen LogP contribution in [0.2, 0.25) is 0 Å². The van der Waals surface area contributed by atoms with Crippen molar-refractivity contribution >= 4 is 9.84 Å². The van der Waals surface area contributed by atoms with Crippen LogP contribution in [0.3, 0.4) is 0 Å². The summed E-state index contributed by atoms with van der Waals surface area (Å²) in [6.07, 6.45) is 0. The molecule has 8 heteroatoms. The van der Waals surface area contributed by atoms with Gasteiger partial charge in [0.2, 0.25) is 0 Å². The Labute approximate surface area is 96.2 Å². The van der Waals surface area contributed by atoms with E-state index in [1.165, 1.54) is 19.2 Å². The van der Waals surface area contributed by atoms with Crippen LogP contribution in [-0.4, -0.2) is 31.2 Å². The SMILES string of the molecule is CN(O)Cc1cccc(S(=O)(=O)C(F)(F)F)c1. The molecule has 1 aromatic carbocycles. The first-order valence-corrected chi connectivity index (χ1v) is 5.93. The van der Waals surface area contributed by atoms with E-state index in [0.717, 1.165) is 17.2 Å². The van der Waals surface area contributed by atoms with Gasteiger partial charge in [0.15, 0.2) is 0 Å². The molecule has 96 valence electrons. The maximum atomic E-state index is 12.3. The van der Waals surface area contributed by atoms with E-state index in [1.54, 1.807) is 0 Å². The molecule has 0 heterocycles. The van der Waals surface area contributed by atoms with Gasteiger partial charge >= 0.3 is 5.51 Å². The molecular weight excluding hydrogens is 259 g/mol. The van der Waals surface area contributed by atoms with E-state index in [2.05, 4.69) is 0 Å². The van der Waals surface area contributed by atoms with Gasteiger partial charge in [0.25, 0.3) is 9.84 Å². The van der Waals surface area contributed by atoms with E-state index < -0.39 is 20.2 Å². The Balaban J connectivity index is 3.17. The predicted molar refractivity (Wildman–Crippen MR) is 52.9 cm³/mol. The lowest BCUT2D eigenvalue weighted by molar-refractivity contribution is -0.0732. The number of hydrogen-bond donors (Lipinski definition) is 1. The van der Waals surface area contributed by atoms with Crippen LogP contribution in [0.1, 0.15) is 5.56 Å². The van der Waals surface area contributed by atoms with Crippen LogP contribution < -0.4 is 0 Å². The minimum atomic E-state index is -5.33. The maximum Gasteiger partial charge on any atom is 0.501 e. The molecule has 0 amide bonds. The topological polar surface area (TPSA) is 57.6 Å². The number of hydrogen-bond acceptors (Lipinski definition) is 4. The number of benzene rings is 1. The van der Waals surface area contributed by atoms with Crippen molar-refractivity contribution in [3.63, 3.8) is 0 Å². The fourth-order valence-corrected chi connectivity index (χ4v) is 2.04. The average Bonchev–Trinajstić information content (AvgIpc) is 2.15. The lowest BCUT2D eigenvalue weighted by Crippen LogP contribution is -2.23. The molecule has 1 N–H and O–H groups in total. The van der Waals surface area contributed by atoms with Crippen LogP contribution in [0.25, 0.3) is 0 Å². The molecule has 0 saturated carbocycles. The number of alkyl halides is 3. The molecule has 0 bridgehead atoms. The van der Waals surface area contributed by atoms with Crippen LogP contribution in [0, 0.1) is 0 Å². The first kappa shape index (κ1) is 13.9. The molecule has 0 spiro atoms. The van der Waals surface area contributed by atoms with Crippen molar-refractivity contribution in [2.75, 3.05) is 7.05 Å². The molecule has 0 aliphatic carbocycles. The van der Waals surface area contributed by atoms with Crippen molar-refractivity contribution in [1.29, 1.82) is 0 Å². The zero-order chi connectivity index (χ0) is 13.3. The number of hydroxylamine groups is 2. The molecule has 17 heavy (non-hydrogen) atoms. The summed E-state index contributed by atoms with van der Waals surface area (Å²) in [7, 11) is -4.04.